The monoisotopic (exact) mass is 349 g/mol. The lowest BCUT2D eigenvalue weighted by Gasteiger charge is -2.59. The minimum atomic E-state index is -1.02. The van der Waals surface area contributed by atoms with E-state index in [1.165, 1.54) is 0 Å². The molecule has 0 aromatic rings. The van der Waals surface area contributed by atoms with E-state index in [1.54, 1.807) is 6.08 Å². The van der Waals surface area contributed by atoms with Crippen molar-refractivity contribution in [1.29, 1.82) is 0 Å². The maximum Gasteiger partial charge on any atom is 0.203 e. The third kappa shape index (κ3) is 2.08. The molecule has 3 fully saturated rings. The molecule has 3 saturated carbocycles. The quantitative estimate of drug-likeness (QED) is 0.518. The number of oxime groups is 1. The Morgan fingerprint density at radius 3 is 2.68 bits per heavy atom. The highest BCUT2D eigenvalue weighted by Crippen LogP contribution is 2.67. The molecule has 2 unspecified atom stereocenters. The van der Waals surface area contributed by atoms with Gasteiger partial charge in [-0.15, -0.1) is 0 Å². The second kappa shape index (κ2) is 5.15. The van der Waals surface area contributed by atoms with Crippen molar-refractivity contribution in [1.82, 2.24) is 0 Å². The molecule has 0 aromatic carbocycles. The molecular weight excluding hydrogens is 321 g/mol. The van der Waals surface area contributed by atoms with Gasteiger partial charge in [-0.1, -0.05) is 24.6 Å². The van der Waals surface area contributed by atoms with E-state index in [2.05, 4.69) is 12.1 Å². The van der Waals surface area contributed by atoms with Gasteiger partial charge in [0.05, 0.1) is 5.60 Å². The maximum atomic E-state index is 15.6. The van der Waals surface area contributed by atoms with Crippen molar-refractivity contribution >= 4 is 11.5 Å². The summed E-state index contributed by atoms with van der Waals surface area (Å²) in [7, 11) is 0. The SMILES string of the molecule is CC1(O)CC[C@H]2[C@@H]3CCC4=CC(=O)C(=NO)C[C@]4(C)[C@@H]3C(F)C[C@@]21C. The highest BCUT2D eigenvalue weighted by molar-refractivity contribution is 6.44. The Morgan fingerprint density at radius 2 is 2.00 bits per heavy atom. The summed E-state index contributed by atoms with van der Waals surface area (Å²) >= 11 is 0. The molecule has 25 heavy (non-hydrogen) atoms. The Hall–Kier alpha value is -1.23. The average molecular weight is 349 g/mol. The van der Waals surface area contributed by atoms with Gasteiger partial charge in [0.2, 0.25) is 5.78 Å². The number of hydrogen-bond acceptors (Lipinski definition) is 4. The number of hydrogen-bond donors (Lipinski definition) is 2. The van der Waals surface area contributed by atoms with Crippen LogP contribution in [0.15, 0.2) is 16.8 Å². The van der Waals surface area contributed by atoms with Crippen molar-refractivity contribution in [2.45, 2.75) is 71.1 Å². The molecule has 0 aromatic heterocycles. The van der Waals surface area contributed by atoms with Gasteiger partial charge < -0.3 is 10.3 Å². The molecular formula is C20H28FNO3. The summed E-state index contributed by atoms with van der Waals surface area (Å²) < 4.78 is 15.6. The van der Waals surface area contributed by atoms with Crippen LogP contribution in [0.3, 0.4) is 0 Å². The highest BCUT2D eigenvalue weighted by Gasteiger charge is 2.65. The van der Waals surface area contributed by atoms with Crippen molar-refractivity contribution in [2.75, 3.05) is 0 Å². The van der Waals surface area contributed by atoms with Gasteiger partial charge in [0.1, 0.15) is 11.9 Å². The van der Waals surface area contributed by atoms with Crippen LogP contribution >= 0.6 is 0 Å². The van der Waals surface area contributed by atoms with Crippen molar-refractivity contribution < 1.29 is 19.5 Å². The van der Waals surface area contributed by atoms with Gasteiger partial charge in [-0.05, 0) is 56.9 Å². The Labute approximate surface area is 148 Å². The molecule has 7 atom stereocenters. The number of carbonyl (C=O) groups is 1. The largest absolute Gasteiger partial charge is 0.411 e. The van der Waals surface area contributed by atoms with E-state index >= 15 is 4.39 Å². The standard InChI is InChI=1S/C20H28FNO3/c1-18-10-15(22-25)16(23)8-11(18)4-5-12-13-6-7-20(3,24)19(13,2)9-14(21)17(12)18/h8,12-14,17,24-25H,4-7,9-10H2,1-3H3/t12-,13-,14?,17-,18-,19-,20?/m0/s1. The topological polar surface area (TPSA) is 69.9 Å². The van der Waals surface area contributed by atoms with Crippen LogP contribution < -0.4 is 0 Å². The normalized spacial score (nSPS) is 53.9. The molecule has 4 nitrogen and oxygen atoms in total. The molecule has 2 N–H and O–H groups in total. The lowest BCUT2D eigenvalue weighted by atomic mass is 9.46. The Balaban J connectivity index is 1.77. The van der Waals surface area contributed by atoms with Crippen LogP contribution in [0.2, 0.25) is 0 Å². The van der Waals surface area contributed by atoms with Crippen LogP contribution in [0.5, 0.6) is 0 Å². The van der Waals surface area contributed by atoms with Gasteiger partial charge in [-0.3, -0.25) is 4.79 Å². The first kappa shape index (κ1) is 17.2. The second-order valence-electron chi connectivity index (χ2n) is 9.46. The number of rotatable bonds is 0. The third-order valence-corrected chi connectivity index (χ3v) is 8.44. The maximum absolute atomic E-state index is 15.6. The molecule has 5 heteroatoms. The van der Waals surface area contributed by atoms with Crippen LogP contribution in [0.4, 0.5) is 4.39 Å². The number of halogens is 1. The molecule has 0 aliphatic heterocycles. The first-order valence-corrected chi connectivity index (χ1v) is 9.47. The third-order valence-electron chi connectivity index (χ3n) is 8.44. The van der Waals surface area contributed by atoms with Crippen molar-refractivity contribution in [3.05, 3.63) is 11.6 Å². The lowest BCUT2D eigenvalue weighted by molar-refractivity contribution is -0.145. The average Bonchev–Trinajstić information content (AvgIpc) is 2.76. The summed E-state index contributed by atoms with van der Waals surface area (Å²) in [5.41, 5.74) is -0.505. The predicted octanol–water partition coefficient (Wildman–Crippen LogP) is 3.66. The van der Waals surface area contributed by atoms with Gasteiger partial charge >= 0.3 is 0 Å². The molecule has 0 amide bonds. The van der Waals surface area contributed by atoms with Crippen LogP contribution in [0.25, 0.3) is 0 Å². The molecule has 4 aliphatic carbocycles. The highest BCUT2D eigenvalue weighted by atomic mass is 19.1. The zero-order chi connectivity index (χ0) is 18.2. The second-order valence-corrected chi connectivity index (χ2v) is 9.46. The van der Waals surface area contributed by atoms with Crippen LogP contribution in [0.1, 0.15) is 59.3 Å². The molecule has 138 valence electrons. The summed E-state index contributed by atoms with van der Waals surface area (Å²) in [6.45, 7) is 5.97. The summed E-state index contributed by atoms with van der Waals surface area (Å²) in [6.07, 6.45) is 4.59. The fourth-order valence-corrected chi connectivity index (χ4v) is 6.85. The molecule has 4 rings (SSSR count). The molecule has 0 spiro atoms. The first-order chi connectivity index (χ1) is 11.6. The summed E-state index contributed by atoms with van der Waals surface area (Å²) in [4.78, 5) is 12.1. The van der Waals surface area contributed by atoms with Gasteiger partial charge in [-0.25, -0.2) is 4.39 Å². The van der Waals surface area contributed by atoms with Crippen LogP contribution in [-0.2, 0) is 4.79 Å². The molecule has 0 heterocycles. The number of nitrogens with zero attached hydrogens (tertiary/aromatic N) is 1. The van der Waals surface area contributed by atoms with E-state index in [9.17, 15) is 15.1 Å². The Kier molecular flexibility index (Phi) is 3.54. The Bertz CT molecular complexity index is 684. The molecule has 4 aliphatic rings. The number of ketones is 1. The van der Waals surface area contributed by atoms with E-state index < -0.39 is 17.2 Å². The molecule has 0 saturated heterocycles. The zero-order valence-corrected chi connectivity index (χ0v) is 15.3. The minimum absolute atomic E-state index is 0.144. The van der Waals surface area contributed by atoms with Crippen molar-refractivity contribution in [2.24, 2.45) is 33.7 Å². The van der Waals surface area contributed by atoms with E-state index in [4.69, 9.17) is 0 Å². The van der Waals surface area contributed by atoms with Crippen LogP contribution in [0, 0.1) is 28.6 Å². The van der Waals surface area contributed by atoms with E-state index in [-0.39, 0.29) is 28.7 Å². The minimum Gasteiger partial charge on any atom is -0.411 e. The van der Waals surface area contributed by atoms with E-state index in [1.807, 2.05) is 13.8 Å². The van der Waals surface area contributed by atoms with E-state index in [0.717, 1.165) is 31.3 Å². The first-order valence-electron chi connectivity index (χ1n) is 9.47. The summed E-state index contributed by atoms with van der Waals surface area (Å²) in [5, 5.41) is 23.3. The van der Waals surface area contributed by atoms with Crippen molar-refractivity contribution in [3.8, 4) is 0 Å². The molecule has 0 bridgehead atoms. The number of alkyl halides is 1. The number of aliphatic hydroxyl groups is 1. The molecule has 0 radical (unpaired) electrons. The van der Waals surface area contributed by atoms with E-state index in [0.29, 0.717) is 18.8 Å². The van der Waals surface area contributed by atoms with Gasteiger partial charge in [0.15, 0.2) is 0 Å². The predicted molar refractivity (Wildman–Crippen MR) is 92.2 cm³/mol. The summed E-state index contributed by atoms with van der Waals surface area (Å²) in [6, 6.07) is 0. The number of allylic oxidation sites excluding steroid dienone is 1. The fourth-order valence-electron chi connectivity index (χ4n) is 6.85. The lowest BCUT2D eigenvalue weighted by Crippen LogP contribution is -2.58. The van der Waals surface area contributed by atoms with Gasteiger partial charge in [0, 0.05) is 23.2 Å². The van der Waals surface area contributed by atoms with Crippen molar-refractivity contribution in [3.63, 3.8) is 0 Å². The van der Waals surface area contributed by atoms with Gasteiger partial charge in [0.25, 0.3) is 0 Å². The Morgan fingerprint density at radius 1 is 1.28 bits per heavy atom. The summed E-state index contributed by atoms with van der Waals surface area (Å²) in [5.74, 6) is 0.0978. The smallest absolute Gasteiger partial charge is 0.203 e. The number of fused-ring (bicyclic) bond motifs is 5. The number of carbonyl (C=O) groups excluding carboxylic acids is 1. The van der Waals surface area contributed by atoms with Crippen LogP contribution in [-0.4, -0.2) is 33.6 Å². The zero-order valence-electron chi connectivity index (χ0n) is 15.3. The fraction of sp³-hybridized carbons (Fsp3) is 0.800. The van der Waals surface area contributed by atoms with Gasteiger partial charge in [-0.2, -0.15) is 0 Å².